The Hall–Kier alpha value is -1.11. The smallest absolute Gasteiger partial charge is 0.179 e. The molecule has 1 aromatic carbocycles. The number of methoxy groups -OCH3 is 1. The van der Waals surface area contributed by atoms with Gasteiger partial charge in [-0.05, 0) is 36.6 Å². The molecule has 1 aromatic rings. The second kappa shape index (κ2) is 6.56. The fraction of sp³-hybridized carbons (Fsp3) is 0.625. The van der Waals surface area contributed by atoms with Crippen molar-refractivity contribution in [3.8, 4) is 5.75 Å². The number of rotatable bonds is 5. The van der Waals surface area contributed by atoms with Crippen molar-refractivity contribution in [2.24, 2.45) is 11.1 Å². The Kier molecular flexibility index (Phi) is 5.14. The summed E-state index contributed by atoms with van der Waals surface area (Å²) in [6, 6.07) is 6.82. The van der Waals surface area contributed by atoms with Gasteiger partial charge in [-0.2, -0.15) is 0 Å². The lowest BCUT2D eigenvalue weighted by Gasteiger charge is -2.42. The molecule has 124 valence electrons. The highest BCUT2D eigenvalue weighted by Crippen LogP contribution is 2.27. The van der Waals surface area contributed by atoms with E-state index in [1.807, 2.05) is 0 Å². The minimum atomic E-state index is -3.30. The Bertz CT molecular complexity index is 614. The molecular formula is C16H26N2O3S. The summed E-state index contributed by atoms with van der Waals surface area (Å²) in [7, 11) is -1.76. The van der Waals surface area contributed by atoms with E-state index < -0.39 is 9.84 Å². The molecule has 1 saturated heterocycles. The molecule has 0 radical (unpaired) electrons. The summed E-state index contributed by atoms with van der Waals surface area (Å²) in [5.41, 5.74) is 6.15. The second-order valence-corrected chi connectivity index (χ2v) is 8.77. The van der Waals surface area contributed by atoms with Crippen molar-refractivity contribution in [1.29, 1.82) is 0 Å². The number of ether oxygens (including phenoxy) is 1. The molecule has 6 heteroatoms. The van der Waals surface area contributed by atoms with Crippen LogP contribution in [0, 0.1) is 5.41 Å². The second-order valence-electron chi connectivity index (χ2n) is 6.66. The standard InChI is InChI=1S/C16H26N2O3S/c1-16(2)12-18(8-7-15(16)17)9-10-22(19,20)14-6-4-5-13(11-14)21-3/h4-6,11,15H,7-10,12,17H2,1-3H3. The average molecular weight is 326 g/mol. The zero-order chi connectivity index (χ0) is 16.4. The average Bonchev–Trinajstić information content (AvgIpc) is 2.48. The third-order valence-corrected chi connectivity index (χ3v) is 6.16. The number of nitrogens with zero attached hydrogens (tertiary/aromatic N) is 1. The van der Waals surface area contributed by atoms with Gasteiger partial charge >= 0.3 is 0 Å². The SMILES string of the molecule is COc1cccc(S(=O)(=O)CCN2CCC(N)C(C)(C)C2)c1. The first-order chi connectivity index (χ1) is 10.2. The molecule has 0 amide bonds. The molecule has 1 aliphatic heterocycles. The quantitative estimate of drug-likeness (QED) is 0.888. The van der Waals surface area contributed by atoms with E-state index in [1.165, 1.54) is 7.11 Å². The van der Waals surface area contributed by atoms with Gasteiger partial charge in [0.1, 0.15) is 5.75 Å². The Morgan fingerprint density at radius 3 is 2.77 bits per heavy atom. The highest BCUT2D eigenvalue weighted by Gasteiger charge is 2.33. The summed E-state index contributed by atoms with van der Waals surface area (Å²) in [6.07, 6.45) is 0.909. The predicted molar refractivity (Wildman–Crippen MR) is 87.9 cm³/mol. The van der Waals surface area contributed by atoms with Gasteiger partial charge < -0.3 is 15.4 Å². The molecule has 0 aromatic heterocycles. The van der Waals surface area contributed by atoms with Gasteiger partial charge in [0.2, 0.25) is 0 Å². The van der Waals surface area contributed by atoms with Crippen molar-refractivity contribution >= 4 is 9.84 Å². The van der Waals surface area contributed by atoms with Crippen molar-refractivity contribution in [2.45, 2.75) is 31.2 Å². The summed E-state index contributed by atoms with van der Waals surface area (Å²) >= 11 is 0. The monoisotopic (exact) mass is 326 g/mol. The van der Waals surface area contributed by atoms with Crippen LogP contribution in [0.5, 0.6) is 5.75 Å². The van der Waals surface area contributed by atoms with Gasteiger partial charge in [0, 0.05) is 19.1 Å². The molecule has 1 unspecified atom stereocenters. The fourth-order valence-corrected chi connectivity index (χ4v) is 4.15. The lowest BCUT2D eigenvalue weighted by molar-refractivity contribution is 0.101. The van der Waals surface area contributed by atoms with E-state index in [0.717, 1.165) is 19.5 Å². The van der Waals surface area contributed by atoms with E-state index in [9.17, 15) is 8.42 Å². The van der Waals surface area contributed by atoms with Gasteiger partial charge in [0.25, 0.3) is 0 Å². The number of piperidine rings is 1. The van der Waals surface area contributed by atoms with Crippen LogP contribution < -0.4 is 10.5 Å². The minimum Gasteiger partial charge on any atom is -0.497 e. The van der Waals surface area contributed by atoms with Crippen LogP contribution in [0.2, 0.25) is 0 Å². The topological polar surface area (TPSA) is 72.6 Å². The summed E-state index contributed by atoms with van der Waals surface area (Å²) in [4.78, 5) is 2.51. The van der Waals surface area contributed by atoms with E-state index in [2.05, 4.69) is 18.7 Å². The Morgan fingerprint density at radius 2 is 2.14 bits per heavy atom. The van der Waals surface area contributed by atoms with Gasteiger partial charge in [-0.15, -0.1) is 0 Å². The van der Waals surface area contributed by atoms with Gasteiger partial charge in [0.15, 0.2) is 9.84 Å². The van der Waals surface area contributed by atoms with Crippen molar-refractivity contribution < 1.29 is 13.2 Å². The first-order valence-electron chi connectivity index (χ1n) is 7.59. The van der Waals surface area contributed by atoms with Crippen LogP contribution in [0.25, 0.3) is 0 Å². The van der Waals surface area contributed by atoms with E-state index in [0.29, 0.717) is 17.2 Å². The summed E-state index contributed by atoms with van der Waals surface area (Å²) in [5.74, 6) is 0.678. The van der Waals surface area contributed by atoms with Crippen molar-refractivity contribution in [3.05, 3.63) is 24.3 Å². The van der Waals surface area contributed by atoms with Crippen LogP contribution in [-0.4, -0.2) is 51.9 Å². The maximum atomic E-state index is 12.5. The molecule has 2 N–H and O–H groups in total. The van der Waals surface area contributed by atoms with Crippen LogP contribution in [0.15, 0.2) is 29.2 Å². The maximum absolute atomic E-state index is 12.5. The molecule has 0 spiro atoms. The number of nitrogens with two attached hydrogens (primary N) is 1. The summed E-state index contributed by atoms with van der Waals surface area (Å²) in [6.45, 7) is 6.51. The Labute approximate surface area is 133 Å². The number of sulfone groups is 1. The van der Waals surface area contributed by atoms with Crippen molar-refractivity contribution in [2.75, 3.05) is 32.5 Å². The van der Waals surface area contributed by atoms with Crippen molar-refractivity contribution in [3.63, 3.8) is 0 Å². The number of likely N-dealkylation sites (tertiary alicyclic amines) is 1. The van der Waals surface area contributed by atoms with Crippen LogP contribution in [0.4, 0.5) is 0 Å². The van der Waals surface area contributed by atoms with E-state index in [1.54, 1.807) is 24.3 Å². The molecular weight excluding hydrogens is 300 g/mol. The third kappa shape index (κ3) is 4.00. The molecule has 22 heavy (non-hydrogen) atoms. The molecule has 0 aliphatic carbocycles. The zero-order valence-electron chi connectivity index (χ0n) is 13.6. The Balaban J connectivity index is 2.01. The highest BCUT2D eigenvalue weighted by molar-refractivity contribution is 7.91. The molecule has 1 heterocycles. The maximum Gasteiger partial charge on any atom is 0.179 e. The Morgan fingerprint density at radius 1 is 1.41 bits per heavy atom. The third-order valence-electron chi connectivity index (χ3n) is 4.47. The van der Waals surface area contributed by atoms with Crippen LogP contribution in [0.3, 0.4) is 0 Å². The first-order valence-corrected chi connectivity index (χ1v) is 9.24. The molecule has 1 atom stereocenters. The lowest BCUT2D eigenvalue weighted by atomic mass is 9.80. The number of hydrogen-bond acceptors (Lipinski definition) is 5. The van der Waals surface area contributed by atoms with E-state index in [4.69, 9.17) is 10.5 Å². The van der Waals surface area contributed by atoms with Gasteiger partial charge in [0.05, 0.1) is 17.8 Å². The van der Waals surface area contributed by atoms with E-state index >= 15 is 0 Å². The normalized spacial score (nSPS) is 22.5. The largest absolute Gasteiger partial charge is 0.497 e. The van der Waals surface area contributed by atoms with E-state index in [-0.39, 0.29) is 17.2 Å². The predicted octanol–water partition coefficient (Wildman–Crippen LogP) is 1.53. The summed E-state index contributed by atoms with van der Waals surface area (Å²) < 4.78 is 30.0. The first kappa shape index (κ1) is 17.2. The highest BCUT2D eigenvalue weighted by atomic mass is 32.2. The van der Waals surface area contributed by atoms with Gasteiger partial charge in [-0.3, -0.25) is 0 Å². The van der Waals surface area contributed by atoms with Crippen LogP contribution in [0.1, 0.15) is 20.3 Å². The molecule has 0 bridgehead atoms. The number of hydrogen-bond donors (Lipinski definition) is 1. The molecule has 0 saturated carbocycles. The summed E-state index contributed by atoms with van der Waals surface area (Å²) in [5, 5.41) is 0. The molecule has 1 aliphatic rings. The van der Waals surface area contributed by atoms with Gasteiger partial charge in [-0.1, -0.05) is 19.9 Å². The molecule has 2 rings (SSSR count). The lowest BCUT2D eigenvalue weighted by Crippen LogP contribution is -2.53. The molecule has 5 nitrogen and oxygen atoms in total. The fourth-order valence-electron chi connectivity index (χ4n) is 2.84. The van der Waals surface area contributed by atoms with Crippen LogP contribution >= 0.6 is 0 Å². The van der Waals surface area contributed by atoms with Gasteiger partial charge in [-0.25, -0.2) is 8.42 Å². The minimum absolute atomic E-state index is 0.0258. The van der Waals surface area contributed by atoms with Crippen LogP contribution in [-0.2, 0) is 9.84 Å². The zero-order valence-corrected chi connectivity index (χ0v) is 14.4. The van der Waals surface area contributed by atoms with Crippen molar-refractivity contribution in [1.82, 2.24) is 4.90 Å². The number of benzene rings is 1. The molecule has 1 fully saturated rings.